The van der Waals surface area contributed by atoms with Crippen LogP contribution in [0.5, 0.6) is 0 Å². The lowest BCUT2D eigenvalue weighted by atomic mass is 10.3. The second-order valence-electron chi connectivity index (χ2n) is 4.86. The van der Waals surface area contributed by atoms with Gasteiger partial charge >= 0.3 is 0 Å². The Balaban J connectivity index is 1.76. The lowest BCUT2D eigenvalue weighted by Crippen LogP contribution is -2.23. The molecule has 0 saturated carbocycles. The van der Waals surface area contributed by atoms with E-state index in [0.717, 1.165) is 17.3 Å². The fourth-order valence-electron chi connectivity index (χ4n) is 2.18. The van der Waals surface area contributed by atoms with Crippen molar-refractivity contribution in [3.05, 3.63) is 65.5 Å². The molecule has 0 bridgehead atoms. The molecule has 3 heterocycles. The highest BCUT2D eigenvalue weighted by Crippen LogP contribution is 2.16. The van der Waals surface area contributed by atoms with Gasteiger partial charge < -0.3 is 13.4 Å². The lowest BCUT2D eigenvalue weighted by Gasteiger charge is -2.19. The predicted molar refractivity (Wildman–Crippen MR) is 78.6 cm³/mol. The molecule has 3 aromatic rings. The maximum Gasteiger partial charge on any atom is 0.128 e. The van der Waals surface area contributed by atoms with Gasteiger partial charge in [-0.1, -0.05) is 11.6 Å². The lowest BCUT2D eigenvalue weighted by molar-refractivity contribution is 0.203. The van der Waals surface area contributed by atoms with Crippen molar-refractivity contribution in [1.82, 2.24) is 14.5 Å². The number of aromatic nitrogens is 2. The van der Waals surface area contributed by atoms with E-state index in [1.807, 2.05) is 35.9 Å². The minimum Gasteiger partial charge on any atom is -0.468 e. The predicted octanol–water partition coefficient (Wildman–Crippen LogP) is 3.46. The van der Waals surface area contributed by atoms with Crippen LogP contribution in [0.1, 0.15) is 17.3 Å². The van der Waals surface area contributed by atoms with E-state index in [9.17, 15) is 0 Å². The van der Waals surface area contributed by atoms with Crippen molar-refractivity contribution in [2.45, 2.75) is 19.6 Å². The number of nitrogens with zero attached hydrogens (tertiary/aromatic N) is 3. The van der Waals surface area contributed by atoms with Crippen molar-refractivity contribution in [1.29, 1.82) is 0 Å². The Morgan fingerprint density at radius 1 is 1.10 bits per heavy atom. The highest BCUT2D eigenvalue weighted by Gasteiger charge is 2.14. The number of halogens is 1. The highest BCUT2D eigenvalue weighted by molar-refractivity contribution is 6.29. The molecule has 21 heavy (non-hydrogen) atoms. The molecule has 3 aromatic heterocycles. The van der Waals surface area contributed by atoms with Crippen LogP contribution >= 0.6 is 11.6 Å². The smallest absolute Gasteiger partial charge is 0.128 e. The normalized spacial score (nSPS) is 11.4. The Hall–Kier alpha value is -1.98. The third-order valence-electron chi connectivity index (χ3n) is 3.31. The Morgan fingerprint density at radius 3 is 2.14 bits per heavy atom. The molecule has 0 unspecified atom stereocenters. The van der Waals surface area contributed by atoms with Crippen LogP contribution in [0.25, 0.3) is 0 Å². The number of hydrogen-bond acceptors (Lipinski definition) is 4. The van der Waals surface area contributed by atoms with Crippen LogP contribution in [0, 0.1) is 0 Å². The van der Waals surface area contributed by atoms with Crippen molar-refractivity contribution in [2.24, 2.45) is 7.05 Å². The van der Waals surface area contributed by atoms with Gasteiger partial charge in [-0.2, -0.15) is 0 Å². The van der Waals surface area contributed by atoms with Gasteiger partial charge in [0.05, 0.1) is 38.4 Å². The first-order valence-electron chi connectivity index (χ1n) is 6.65. The van der Waals surface area contributed by atoms with E-state index in [-0.39, 0.29) is 0 Å². The molecular formula is C15H16ClN3O2. The molecule has 0 aliphatic carbocycles. The fraction of sp³-hybridized carbons (Fsp3) is 0.267. The standard InChI is InChI=1S/C15H16ClN3O2/c1-18-14(16)8-17-15(18)11-19(9-12-4-2-6-20-12)10-13-5-3-7-21-13/h2-8H,9-11H2,1H3. The van der Waals surface area contributed by atoms with E-state index in [2.05, 4.69) is 9.88 Å². The van der Waals surface area contributed by atoms with E-state index in [0.29, 0.717) is 24.8 Å². The van der Waals surface area contributed by atoms with Crippen molar-refractivity contribution < 1.29 is 8.83 Å². The second-order valence-corrected chi connectivity index (χ2v) is 5.25. The molecule has 0 saturated heterocycles. The zero-order valence-electron chi connectivity index (χ0n) is 11.7. The number of hydrogen-bond donors (Lipinski definition) is 0. The minimum absolute atomic E-state index is 0.626. The van der Waals surface area contributed by atoms with E-state index >= 15 is 0 Å². The first-order chi connectivity index (χ1) is 10.2. The van der Waals surface area contributed by atoms with Gasteiger partial charge in [0.25, 0.3) is 0 Å². The molecule has 0 amide bonds. The van der Waals surface area contributed by atoms with Gasteiger partial charge in [-0.3, -0.25) is 4.90 Å². The maximum atomic E-state index is 6.04. The Labute approximate surface area is 127 Å². The highest BCUT2D eigenvalue weighted by atomic mass is 35.5. The van der Waals surface area contributed by atoms with Crippen molar-refractivity contribution in [2.75, 3.05) is 0 Å². The Kier molecular flexibility index (Phi) is 4.13. The van der Waals surface area contributed by atoms with Crippen molar-refractivity contribution >= 4 is 11.6 Å². The average molecular weight is 306 g/mol. The summed E-state index contributed by atoms with van der Waals surface area (Å²) in [6, 6.07) is 7.69. The first-order valence-corrected chi connectivity index (χ1v) is 7.03. The molecule has 0 atom stereocenters. The van der Waals surface area contributed by atoms with Gasteiger partial charge in [0, 0.05) is 7.05 Å². The van der Waals surface area contributed by atoms with Crippen LogP contribution in [0.3, 0.4) is 0 Å². The van der Waals surface area contributed by atoms with E-state index in [4.69, 9.17) is 20.4 Å². The fourth-order valence-corrected chi connectivity index (χ4v) is 2.33. The third kappa shape index (κ3) is 3.37. The Bertz CT molecular complexity index is 638. The molecular weight excluding hydrogens is 290 g/mol. The van der Waals surface area contributed by atoms with Gasteiger partial charge in [-0.15, -0.1) is 0 Å². The molecule has 3 rings (SSSR count). The molecule has 110 valence electrons. The summed E-state index contributed by atoms with van der Waals surface area (Å²) < 4.78 is 12.7. The van der Waals surface area contributed by atoms with Crippen molar-refractivity contribution in [3.63, 3.8) is 0 Å². The van der Waals surface area contributed by atoms with Crippen LogP contribution < -0.4 is 0 Å². The van der Waals surface area contributed by atoms with Gasteiger partial charge in [0.15, 0.2) is 0 Å². The SMILES string of the molecule is Cn1c(Cl)cnc1CN(Cc1ccco1)Cc1ccco1. The summed E-state index contributed by atoms with van der Waals surface area (Å²) in [7, 11) is 1.91. The summed E-state index contributed by atoms with van der Waals surface area (Å²) in [4.78, 5) is 6.53. The first kappa shape index (κ1) is 14.0. The van der Waals surface area contributed by atoms with E-state index in [1.54, 1.807) is 18.7 Å². The van der Waals surface area contributed by atoms with Gasteiger partial charge in [0.2, 0.25) is 0 Å². The van der Waals surface area contributed by atoms with Crippen LogP contribution in [0.4, 0.5) is 0 Å². The number of rotatable bonds is 6. The zero-order valence-corrected chi connectivity index (χ0v) is 12.5. The monoisotopic (exact) mass is 305 g/mol. The zero-order chi connectivity index (χ0) is 14.7. The summed E-state index contributed by atoms with van der Waals surface area (Å²) >= 11 is 6.04. The number of imidazole rings is 1. The van der Waals surface area contributed by atoms with Crippen molar-refractivity contribution in [3.8, 4) is 0 Å². The van der Waals surface area contributed by atoms with E-state index < -0.39 is 0 Å². The molecule has 0 fully saturated rings. The molecule has 0 spiro atoms. The topological polar surface area (TPSA) is 47.3 Å². The quantitative estimate of drug-likeness (QED) is 0.699. The molecule has 0 N–H and O–H groups in total. The molecule has 0 aliphatic rings. The third-order valence-corrected chi connectivity index (χ3v) is 3.66. The second kappa shape index (κ2) is 6.20. The summed E-state index contributed by atoms with van der Waals surface area (Å²) in [6.45, 7) is 2.01. The summed E-state index contributed by atoms with van der Waals surface area (Å²) in [5.41, 5.74) is 0. The van der Waals surface area contributed by atoms with Crippen LogP contribution in [0.2, 0.25) is 5.15 Å². The van der Waals surface area contributed by atoms with E-state index in [1.165, 1.54) is 0 Å². The molecule has 6 heteroatoms. The average Bonchev–Trinajstić information content (AvgIpc) is 3.19. The summed E-state index contributed by atoms with van der Waals surface area (Å²) in [5, 5.41) is 0.626. The summed E-state index contributed by atoms with van der Waals surface area (Å²) in [5.74, 6) is 2.71. The Morgan fingerprint density at radius 2 is 1.71 bits per heavy atom. The molecule has 0 aliphatic heterocycles. The molecule has 0 radical (unpaired) electrons. The number of furan rings is 2. The summed E-state index contributed by atoms with van der Waals surface area (Å²) in [6.07, 6.45) is 5.02. The van der Waals surface area contributed by atoms with Crippen LogP contribution in [-0.2, 0) is 26.7 Å². The maximum absolute atomic E-state index is 6.04. The van der Waals surface area contributed by atoms with Crippen LogP contribution in [0.15, 0.2) is 51.8 Å². The van der Waals surface area contributed by atoms with Gasteiger partial charge in [0.1, 0.15) is 22.5 Å². The molecule has 0 aromatic carbocycles. The van der Waals surface area contributed by atoms with Gasteiger partial charge in [-0.05, 0) is 24.3 Å². The van der Waals surface area contributed by atoms with Crippen LogP contribution in [-0.4, -0.2) is 14.5 Å². The molecule has 5 nitrogen and oxygen atoms in total. The largest absolute Gasteiger partial charge is 0.468 e. The van der Waals surface area contributed by atoms with Gasteiger partial charge in [-0.25, -0.2) is 4.98 Å². The minimum atomic E-state index is 0.626.